The van der Waals surface area contributed by atoms with Crippen LogP contribution in [0.2, 0.25) is 0 Å². The summed E-state index contributed by atoms with van der Waals surface area (Å²) in [6, 6.07) is 17.1. The molecule has 29 heavy (non-hydrogen) atoms. The predicted molar refractivity (Wildman–Crippen MR) is 117 cm³/mol. The summed E-state index contributed by atoms with van der Waals surface area (Å²) in [7, 11) is 0. The molecule has 1 saturated heterocycles. The van der Waals surface area contributed by atoms with E-state index in [1.54, 1.807) is 0 Å². The first kappa shape index (κ1) is 21.2. The molecule has 0 unspecified atom stereocenters. The van der Waals surface area contributed by atoms with Crippen LogP contribution in [0.4, 0.5) is 5.69 Å². The standard InChI is InChI=1S/C24H32N2O3/c1-3-28-16-17-29-24-10-8-23(9-11-24)26-14-12-22(13-15-26)21-6-4-20(5-7-21)19(2)25-18-27/h4-11,18-19,22H,3,12-17H2,1-2H3,(H,25,27)/t19-/m0/s1. The van der Waals surface area contributed by atoms with Gasteiger partial charge in [-0.15, -0.1) is 0 Å². The number of nitrogens with one attached hydrogen (secondary N) is 1. The van der Waals surface area contributed by atoms with Crippen molar-refractivity contribution in [2.75, 3.05) is 37.8 Å². The van der Waals surface area contributed by atoms with E-state index < -0.39 is 0 Å². The lowest BCUT2D eigenvalue weighted by molar-refractivity contribution is -0.110. The Morgan fingerprint density at radius 1 is 1.07 bits per heavy atom. The molecule has 0 radical (unpaired) electrons. The normalized spacial score (nSPS) is 15.7. The molecule has 1 aliphatic heterocycles. The lowest BCUT2D eigenvalue weighted by Crippen LogP contribution is -2.32. The zero-order valence-corrected chi connectivity index (χ0v) is 17.5. The van der Waals surface area contributed by atoms with E-state index in [4.69, 9.17) is 9.47 Å². The number of rotatable bonds is 10. The highest BCUT2D eigenvalue weighted by Crippen LogP contribution is 2.31. The van der Waals surface area contributed by atoms with Gasteiger partial charge in [-0.1, -0.05) is 24.3 Å². The molecule has 5 nitrogen and oxygen atoms in total. The molecule has 1 aliphatic rings. The fourth-order valence-electron chi connectivity index (χ4n) is 3.84. The quantitative estimate of drug-likeness (QED) is 0.481. The highest BCUT2D eigenvalue weighted by molar-refractivity contribution is 5.50. The van der Waals surface area contributed by atoms with Gasteiger partial charge < -0.3 is 19.7 Å². The number of benzene rings is 2. The van der Waals surface area contributed by atoms with Crippen LogP contribution in [0, 0.1) is 0 Å². The van der Waals surface area contributed by atoms with Crippen molar-refractivity contribution in [2.45, 2.75) is 38.6 Å². The van der Waals surface area contributed by atoms with Gasteiger partial charge in [-0.2, -0.15) is 0 Å². The van der Waals surface area contributed by atoms with Gasteiger partial charge in [0.15, 0.2) is 0 Å². The monoisotopic (exact) mass is 396 g/mol. The van der Waals surface area contributed by atoms with Crippen LogP contribution in [0.3, 0.4) is 0 Å². The van der Waals surface area contributed by atoms with E-state index in [0.717, 1.165) is 50.3 Å². The molecule has 0 saturated carbocycles. The molecule has 1 amide bonds. The van der Waals surface area contributed by atoms with E-state index in [-0.39, 0.29) is 6.04 Å². The number of nitrogens with zero attached hydrogens (tertiary/aromatic N) is 1. The van der Waals surface area contributed by atoms with Crippen molar-refractivity contribution >= 4 is 12.1 Å². The summed E-state index contributed by atoms with van der Waals surface area (Å²) in [4.78, 5) is 13.1. The van der Waals surface area contributed by atoms with Crippen molar-refractivity contribution < 1.29 is 14.3 Å². The molecule has 0 aliphatic carbocycles. The van der Waals surface area contributed by atoms with Gasteiger partial charge in [0.2, 0.25) is 6.41 Å². The number of carbonyl (C=O) groups excluding carboxylic acids is 1. The van der Waals surface area contributed by atoms with Crippen molar-refractivity contribution in [1.82, 2.24) is 5.32 Å². The van der Waals surface area contributed by atoms with Gasteiger partial charge in [-0.05, 0) is 68.0 Å². The molecule has 0 aromatic heterocycles. The average Bonchev–Trinajstić information content (AvgIpc) is 2.78. The Morgan fingerprint density at radius 2 is 1.76 bits per heavy atom. The number of hydrogen-bond donors (Lipinski definition) is 1. The smallest absolute Gasteiger partial charge is 0.207 e. The van der Waals surface area contributed by atoms with E-state index in [2.05, 4.69) is 46.6 Å². The minimum atomic E-state index is 0.0505. The second-order valence-corrected chi connectivity index (χ2v) is 7.47. The number of hydrogen-bond acceptors (Lipinski definition) is 4. The molecule has 1 heterocycles. The van der Waals surface area contributed by atoms with Crippen LogP contribution in [0.15, 0.2) is 48.5 Å². The van der Waals surface area contributed by atoms with Crippen molar-refractivity contribution in [2.24, 2.45) is 0 Å². The lowest BCUT2D eigenvalue weighted by Gasteiger charge is -2.34. The van der Waals surface area contributed by atoms with Crippen LogP contribution >= 0.6 is 0 Å². The molecule has 2 aromatic rings. The highest BCUT2D eigenvalue weighted by Gasteiger charge is 2.21. The number of ether oxygens (including phenoxy) is 2. The Kier molecular flexibility index (Phi) is 7.94. The van der Waals surface area contributed by atoms with Gasteiger partial charge in [-0.3, -0.25) is 4.79 Å². The molecule has 1 atom stereocenters. The maximum atomic E-state index is 10.6. The molecule has 0 spiro atoms. The van der Waals surface area contributed by atoms with Crippen LogP contribution in [0.25, 0.3) is 0 Å². The molecule has 1 N–H and O–H groups in total. The first-order valence-corrected chi connectivity index (χ1v) is 10.6. The highest BCUT2D eigenvalue weighted by atomic mass is 16.5. The molecule has 1 fully saturated rings. The SMILES string of the molecule is CCOCCOc1ccc(N2CCC(c3ccc([C@H](C)NC=O)cc3)CC2)cc1. The molecular weight excluding hydrogens is 364 g/mol. The fraction of sp³-hybridized carbons (Fsp3) is 0.458. The maximum absolute atomic E-state index is 10.6. The van der Waals surface area contributed by atoms with Gasteiger partial charge in [-0.25, -0.2) is 0 Å². The summed E-state index contributed by atoms with van der Waals surface area (Å²) in [5.74, 6) is 1.48. The zero-order chi connectivity index (χ0) is 20.5. The predicted octanol–water partition coefficient (Wildman–Crippen LogP) is 4.29. The first-order chi connectivity index (χ1) is 14.2. The van der Waals surface area contributed by atoms with E-state index in [1.807, 2.05) is 26.0 Å². The number of piperidine rings is 1. The lowest BCUT2D eigenvalue weighted by atomic mass is 9.88. The van der Waals surface area contributed by atoms with Crippen molar-refractivity contribution in [3.8, 4) is 5.75 Å². The zero-order valence-electron chi connectivity index (χ0n) is 17.5. The minimum absolute atomic E-state index is 0.0505. The topological polar surface area (TPSA) is 50.8 Å². The van der Waals surface area contributed by atoms with Crippen LogP contribution in [-0.4, -0.2) is 39.3 Å². The van der Waals surface area contributed by atoms with Gasteiger partial charge in [0.05, 0.1) is 12.6 Å². The second kappa shape index (κ2) is 10.9. The van der Waals surface area contributed by atoms with Crippen LogP contribution in [-0.2, 0) is 9.53 Å². The van der Waals surface area contributed by atoms with Crippen molar-refractivity contribution in [1.29, 1.82) is 0 Å². The van der Waals surface area contributed by atoms with E-state index >= 15 is 0 Å². The Labute approximate surface area is 174 Å². The van der Waals surface area contributed by atoms with E-state index in [0.29, 0.717) is 19.1 Å². The summed E-state index contributed by atoms with van der Waals surface area (Å²) in [6.07, 6.45) is 3.05. The molecule has 0 bridgehead atoms. The maximum Gasteiger partial charge on any atom is 0.207 e. The van der Waals surface area contributed by atoms with E-state index in [1.165, 1.54) is 11.3 Å². The average molecular weight is 397 g/mol. The molecular formula is C24H32N2O3. The summed E-state index contributed by atoms with van der Waals surface area (Å²) < 4.78 is 11.0. The summed E-state index contributed by atoms with van der Waals surface area (Å²) in [5, 5.41) is 2.80. The van der Waals surface area contributed by atoms with Gasteiger partial charge in [0.1, 0.15) is 12.4 Å². The van der Waals surface area contributed by atoms with Gasteiger partial charge in [0.25, 0.3) is 0 Å². The van der Waals surface area contributed by atoms with Gasteiger partial charge in [0, 0.05) is 25.4 Å². The largest absolute Gasteiger partial charge is 0.491 e. The van der Waals surface area contributed by atoms with Crippen LogP contribution in [0.1, 0.15) is 49.8 Å². The summed E-state index contributed by atoms with van der Waals surface area (Å²) >= 11 is 0. The number of amides is 1. The first-order valence-electron chi connectivity index (χ1n) is 10.6. The molecule has 2 aromatic carbocycles. The number of anilines is 1. The Hall–Kier alpha value is -2.53. The molecule has 156 valence electrons. The third-order valence-corrected chi connectivity index (χ3v) is 5.62. The molecule has 5 heteroatoms. The van der Waals surface area contributed by atoms with Crippen LogP contribution in [0.5, 0.6) is 5.75 Å². The van der Waals surface area contributed by atoms with Crippen LogP contribution < -0.4 is 15.0 Å². The second-order valence-electron chi connectivity index (χ2n) is 7.47. The fourth-order valence-corrected chi connectivity index (χ4v) is 3.84. The Bertz CT molecular complexity index is 738. The third kappa shape index (κ3) is 5.97. The summed E-state index contributed by atoms with van der Waals surface area (Å²) in [5.41, 5.74) is 3.79. The van der Waals surface area contributed by atoms with Gasteiger partial charge >= 0.3 is 0 Å². The van der Waals surface area contributed by atoms with Crippen molar-refractivity contribution in [3.05, 3.63) is 59.7 Å². The Morgan fingerprint density at radius 3 is 2.38 bits per heavy atom. The number of carbonyl (C=O) groups is 1. The van der Waals surface area contributed by atoms with E-state index in [9.17, 15) is 4.79 Å². The Balaban J connectivity index is 1.49. The third-order valence-electron chi connectivity index (χ3n) is 5.62. The minimum Gasteiger partial charge on any atom is -0.491 e. The van der Waals surface area contributed by atoms with Crippen molar-refractivity contribution in [3.63, 3.8) is 0 Å². The molecule has 3 rings (SSSR count). The summed E-state index contributed by atoms with van der Waals surface area (Å²) in [6.45, 7) is 8.03.